The molecule has 2 aromatic rings. The highest BCUT2D eigenvalue weighted by atomic mass is 35.5. The molecule has 5 nitrogen and oxygen atoms in total. The highest BCUT2D eigenvalue weighted by Gasteiger charge is 2.31. The average molecular weight is 440 g/mol. The van der Waals surface area contributed by atoms with E-state index in [1.54, 1.807) is 12.3 Å². The Bertz CT molecular complexity index is 855. The maximum Gasteiger partial charge on any atom is 0.256 e. The molecule has 0 bridgehead atoms. The lowest BCUT2D eigenvalue weighted by molar-refractivity contribution is 0.0707. The number of likely N-dealkylation sites (tertiary alicyclic amines) is 1. The third kappa shape index (κ3) is 5.32. The average Bonchev–Trinajstić information content (AvgIpc) is 3.00. The second-order valence-corrected chi connectivity index (χ2v) is 7.33. The van der Waals surface area contributed by atoms with Crippen molar-refractivity contribution in [1.82, 2.24) is 14.8 Å². The van der Waals surface area contributed by atoms with Gasteiger partial charge in [0, 0.05) is 18.3 Å². The van der Waals surface area contributed by atoms with Gasteiger partial charge in [0.05, 0.1) is 24.3 Å². The number of pyridine rings is 1. The lowest BCUT2D eigenvalue weighted by Gasteiger charge is -2.33. The number of carbonyl (C=O) groups is 2. The molecule has 0 atom stereocenters. The van der Waals surface area contributed by atoms with E-state index in [0.29, 0.717) is 24.6 Å². The van der Waals surface area contributed by atoms with E-state index in [1.807, 2.05) is 11.0 Å². The van der Waals surface area contributed by atoms with E-state index in [0.717, 1.165) is 43.7 Å². The summed E-state index contributed by atoms with van der Waals surface area (Å²) in [5, 5.41) is 0. The minimum absolute atomic E-state index is 0. The number of piperidine rings is 1. The van der Waals surface area contributed by atoms with Crippen molar-refractivity contribution >= 4 is 36.5 Å². The summed E-state index contributed by atoms with van der Waals surface area (Å²) in [6.07, 6.45) is 3.65. The first-order valence-corrected chi connectivity index (χ1v) is 9.34. The number of rotatable bonds is 5. The van der Waals surface area contributed by atoms with E-state index < -0.39 is 0 Å². The van der Waals surface area contributed by atoms with Crippen LogP contribution in [0.4, 0.5) is 4.39 Å². The van der Waals surface area contributed by atoms with Crippen LogP contribution in [0.25, 0.3) is 0 Å². The number of nitrogens with zero attached hydrogens (tertiary/aromatic N) is 3. The SMILES string of the molecule is Cl.Cl.O=C(CN1CCC(CN2Cc3ncccc3C2=O)CC1)c1ccc(F)cc1. The minimum atomic E-state index is -0.332. The molecule has 1 aromatic heterocycles. The number of aromatic nitrogens is 1. The third-order valence-corrected chi connectivity index (χ3v) is 5.47. The summed E-state index contributed by atoms with van der Waals surface area (Å²) in [4.78, 5) is 33.1. The molecule has 0 aliphatic carbocycles. The topological polar surface area (TPSA) is 53.5 Å². The first-order chi connectivity index (χ1) is 13.1. The Hall–Kier alpha value is -2.02. The molecule has 1 aromatic carbocycles. The van der Waals surface area contributed by atoms with Gasteiger partial charge in [-0.2, -0.15) is 0 Å². The van der Waals surface area contributed by atoms with Crippen LogP contribution in [-0.4, -0.2) is 52.7 Å². The fraction of sp³-hybridized carbons (Fsp3) is 0.381. The second-order valence-electron chi connectivity index (χ2n) is 7.33. The van der Waals surface area contributed by atoms with E-state index in [2.05, 4.69) is 9.88 Å². The first kappa shape index (κ1) is 23.3. The summed E-state index contributed by atoms with van der Waals surface area (Å²) in [5.74, 6) is 0.207. The van der Waals surface area contributed by atoms with Crippen molar-refractivity contribution in [2.24, 2.45) is 5.92 Å². The molecular formula is C21H24Cl2FN3O2. The van der Waals surface area contributed by atoms with Gasteiger partial charge in [0.2, 0.25) is 0 Å². The highest BCUT2D eigenvalue weighted by molar-refractivity contribution is 5.98. The molecule has 3 heterocycles. The van der Waals surface area contributed by atoms with Crippen molar-refractivity contribution in [1.29, 1.82) is 0 Å². The fourth-order valence-electron chi connectivity index (χ4n) is 3.90. The van der Waals surface area contributed by atoms with Gasteiger partial charge < -0.3 is 4.90 Å². The highest BCUT2D eigenvalue weighted by Crippen LogP contribution is 2.25. The molecule has 8 heteroatoms. The van der Waals surface area contributed by atoms with Gasteiger partial charge in [-0.05, 0) is 68.2 Å². The smallest absolute Gasteiger partial charge is 0.256 e. The maximum absolute atomic E-state index is 13.0. The Morgan fingerprint density at radius 2 is 1.79 bits per heavy atom. The van der Waals surface area contributed by atoms with Crippen LogP contribution >= 0.6 is 24.8 Å². The molecule has 2 aliphatic rings. The second kappa shape index (κ2) is 10.1. The number of amides is 1. The zero-order chi connectivity index (χ0) is 18.8. The number of halogens is 3. The molecule has 0 spiro atoms. The van der Waals surface area contributed by atoms with Gasteiger partial charge in [-0.3, -0.25) is 19.5 Å². The van der Waals surface area contributed by atoms with Gasteiger partial charge in [-0.15, -0.1) is 24.8 Å². The number of ketones is 1. The number of carbonyl (C=O) groups excluding carboxylic acids is 2. The standard InChI is InChI=1S/C21H22FN3O2.2ClH/c22-17-5-3-16(4-6-17)20(26)14-24-10-7-15(8-11-24)12-25-13-19-18(21(25)27)2-1-9-23-19;;/h1-6,9,15H,7-8,10-14H2;2*1H. The fourth-order valence-corrected chi connectivity index (χ4v) is 3.90. The van der Waals surface area contributed by atoms with Gasteiger partial charge >= 0.3 is 0 Å². The zero-order valence-corrected chi connectivity index (χ0v) is 17.6. The summed E-state index contributed by atoms with van der Waals surface area (Å²) in [7, 11) is 0. The van der Waals surface area contributed by atoms with Crippen LogP contribution in [-0.2, 0) is 6.54 Å². The van der Waals surface area contributed by atoms with Crippen molar-refractivity contribution in [3.63, 3.8) is 0 Å². The predicted molar refractivity (Wildman–Crippen MR) is 113 cm³/mol. The Morgan fingerprint density at radius 3 is 2.45 bits per heavy atom. The largest absolute Gasteiger partial charge is 0.332 e. The summed E-state index contributed by atoms with van der Waals surface area (Å²) < 4.78 is 13.0. The Labute approximate surface area is 182 Å². The van der Waals surface area contributed by atoms with E-state index in [9.17, 15) is 14.0 Å². The summed E-state index contributed by atoms with van der Waals surface area (Å²) in [6, 6.07) is 9.36. The molecule has 156 valence electrons. The van der Waals surface area contributed by atoms with Gasteiger partial charge in [0.15, 0.2) is 5.78 Å². The Kier molecular flexibility index (Phi) is 8.14. The van der Waals surface area contributed by atoms with Crippen LogP contribution in [0.2, 0.25) is 0 Å². The zero-order valence-electron chi connectivity index (χ0n) is 15.9. The molecule has 0 saturated carbocycles. The normalized spacial score (nSPS) is 16.7. The van der Waals surface area contributed by atoms with Crippen LogP contribution in [0.3, 0.4) is 0 Å². The van der Waals surface area contributed by atoms with Crippen LogP contribution in [0.15, 0.2) is 42.6 Å². The third-order valence-electron chi connectivity index (χ3n) is 5.47. The quantitative estimate of drug-likeness (QED) is 0.667. The van der Waals surface area contributed by atoms with Crippen molar-refractivity contribution < 1.29 is 14.0 Å². The molecule has 0 N–H and O–H groups in total. The number of Topliss-reactive ketones (excluding diaryl/α,β-unsaturated/α-hetero) is 1. The number of hydrogen-bond acceptors (Lipinski definition) is 4. The number of benzene rings is 1. The monoisotopic (exact) mass is 439 g/mol. The van der Waals surface area contributed by atoms with Crippen LogP contribution < -0.4 is 0 Å². The molecule has 4 rings (SSSR count). The van der Waals surface area contributed by atoms with E-state index in [-0.39, 0.29) is 42.3 Å². The predicted octanol–water partition coefficient (Wildman–Crippen LogP) is 3.62. The van der Waals surface area contributed by atoms with Crippen molar-refractivity contribution in [3.05, 3.63) is 65.2 Å². The first-order valence-electron chi connectivity index (χ1n) is 9.34. The van der Waals surface area contributed by atoms with Crippen molar-refractivity contribution in [3.8, 4) is 0 Å². The summed E-state index contributed by atoms with van der Waals surface area (Å²) in [6.45, 7) is 3.37. The number of hydrogen-bond donors (Lipinski definition) is 0. The molecule has 0 unspecified atom stereocenters. The minimum Gasteiger partial charge on any atom is -0.332 e. The van der Waals surface area contributed by atoms with Crippen LogP contribution in [0.1, 0.15) is 39.3 Å². The summed E-state index contributed by atoms with van der Waals surface area (Å²) in [5.41, 5.74) is 2.14. The van der Waals surface area contributed by atoms with Crippen LogP contribution in [0, 0.1) is 11.7 Å². The molecule has 1 amide bonds. The van der Waals surface area contributed by atoms with Gasteiger partial charge in [0.25, 0.3) is 5.91 Å². The van der Waals surface area contributed by atoms with Gasteiger partial charge in [-0.25, -0.2) is 4.39 Å². The summed E-state index contributed by atoms with van der Waals surface area (Å²) >= 11 is 0. The Balaban J connectivity index is 0.00000150. The lowest BCUT2D eigenvalue weighted by atomic mass is 9.95. The van der Waals surface area contributed by atoms with E-state index >= 15 is 0 Å². The van der Waals surface area contributed by atoms with Gasteiger partial charge in [0.1, 0.15) is 5.82 Å². The van der Waals surface area contributed by atoms with Crippen molar-refractivity contribution in [2.75, 3.05) is 26.2 Å². The molecule has 1 saturated heterocycles. The Morgan fingerprint density at radius 1 is 1.10 bits per heavy atom. The molecule has 0 radical (unpaired) electrons. The van der Waals surface area contributed by atoms with Crippen molar-refractivity contribution in [2.45, 2.75) is 19.4 Å². The molecule has 29 heavy (non-hydrogen) atoms. The maximum atomic E-state index is 13.0. The van der Waals surface area contributed by atoms with Gasteiger partial charge in [-0.1, -0.05) is 0 Å². The van der Waals surface area contributed by atoms with E-state index in [4.69, 9.17) is 0 Å². The molecule has 2 aliphatic heterocycles. The number of fused-ring (bicyclic) bond motifs is 1. The van der Waals surface area contributed by atoms with Crippen LogP contribution in [0.5, 0.6) is 0 Å². The molecular weight excluding hydrogens is 416 g/mol. The van der Waals surface area contributed by atoms with E-state index in [1.165, 1.54) is 24.3 Å². The molecule has 1 fully saturated rings. The lowest BCUT2D eigenvalue weighted by Crippen LogP contribution is -2.41.